The van der Waals surface area contributed by atoms with Gasteiger partial charge in [-0.05, 0) is 29.9 Å². The van der Waals surface area contributed by atoms with Gasteiger partial charge in [0.15, 0.2) is 4.90 Å². The summed E-state index contributed by atoms with van der Waals surface area (Å²) >= 11 is 0. The first kappa shape index (κ1) is 21.4. The quantitative estimate of drug-likeness (QED) is 0.600. The number of rotatable bonds is 5. The molecule has 0 aliphatic carbocycles. The molecule has 0 fully saturated rings. The molecule has 4 N–H and O–H groups in total. The van der Waals surface area contributed by atoms with Crippen LogP contribution in [-0.2, 0) is 10.0 Å². The van der Waals surface area contributed by atoms with E-state index in [2.05, 4.69) is 10.3 Å². The normalized spacial score (nSPS) is 11.7. The number of nitrogens with one attached hydrogen (secondary N) is 4. The van der Waals surface area contributed by atoms with Crippen LogP contribution >= 0.6 is 0 Å². The number of hydrogen-bond donors (Lipinski definition) is 4. The monoisotopic (exact) mass is 408 g/mol. The molecule has 1 aromatic heterocycles. The molecular weight excluding hydrogens is 384 g/mol. The van der Waals surface area contributed by atoms with Gasteiger partial charge >= 0.3 is 11.7 Å². The van der Waals surface area contributed by atoms with Gasteiger partial charge in [0.25, 0.3) is 15.6 Å². The molecule has 0 spiro atoms. The third-order valence-corrected chi connectivity index (χ3v) is 5.46. The Morgan fingerprint density at radius 3 is 2.04 bits per heavy atom. The van der Waals surface area contributed by atoms with Gasteiger partial charge in [-0.25, -0.2) is 22.7 Å². The minimum absolute atomic E-state index is 0.0892. The Morgan fingerprint density at radius 2 is 1.57 bits per heavy atom. The molecule has 152 valence electrons. The van der Waals surface area contributed by atoms with Gasteiger partial charge in [-0.15, -0.1) is 0 Å². The third-order valence-electron chi connectivity index (χ3n) is 4.13. The van der Waals surface area contributed by atoms with Gasteiger partial charge in [-0.2, -0.15) is 0 Å². The van der Waals surface area contributed by atoms with Crippen LogP contribution in [0, 0.1) is 6.92 Å². The highest BCUT2D eigenvalue weighted by molar-refractivity contribution is 7.90. The molecule has 0 unspecified atom stereocenters. The lowest BCUT2D eigenvalue weighted by Gasteiger charge is -2.21. The van der Waals surface area contributed by atoms with Crippen LogP contribution in [0.3, 0.4) is 0 Å². The molecule has 0 bridgehead atoms. The number of aromatic nitrogens is 2. The van der Waals surface area contributed by atoms with E-state index in [9.17, 15) is 22.8 Å². The van der Waals surface area contributed by atoms with E-state index < -0.39 is 32.2 Å². The van der Waals surface area contributed by atoms with E-state index in [1.165, 1.54) is 0 Å². The van der Waals surface area contributed by atoms with Crippen molar-refractivity contribution in [1.82, 2.24) is 14.7 Å². The van der Waals surface area contributed by atoms with Gasteiger partial charge in [0, 0.05) is 11.9 Å². The van der Waals surface area contributed by atoms with E-state index in [-0.39, 0.29) is 11.8 Å². The van der Waals surface area contributed by atoms with Crippen LogP contribution in [0.15, 0.2) is 32.8 Å². The molecule has 0 aliphatic rings. The third kappa shape index (κ3) is 4.69. The van der Waals surface area contributed by atoms with Gasteiger partial charge < -0.3 is 10.3 Å². The van der Waals surface area contributed by atoms with Crippen LogP contribution < -0.4 is 21.3 Å². The van der Waals surface area contributed by atoms with E-state index in [4.69, 9.17) is 0 Å². The summed E-state index contributed by atoms with van der Waals surface area (Å²) in [6, 6.07) is 2.87. The number of carbonyl (C=O) groups excluding carboxylic acids is 1. The summed E-state index contributed by atoms with van der Waals surface area (Å²) < 4.78 is 26.5. The lowest BCUT2D eigenvalue weighted by atomic mass is 9.90. The lowest BCUT2D eigenvalue weighted by molar-refractivity contribution is 0.256. The molecule has 0 saturated heterocycles. The number of aryl methyl sites for hydroxylation is 1. The molecule has 9 nitrogen and oxygen atoms in total. The maximum atomic E-state index is 12.4. The van der Waals surface area contributed by atoms with Gasteiger partial charge in [0.05, 0.1) is 0 Å². The Morgan fingerprint density at radius 1 is 1.04 bits per heavy atom. The minimum atomic E-state index is -4.48. The molecule has 28 heavy (non-hydrogen) atoms. The Bertz CT molecular complexity index is 1080. The van der Waals surface area contributed by atoms with E-state index in [0.29, 0.717) is 5.69 Å². The van der Waals surface area contributed by atoms with Crippen LogP contribution in [0.5, 0.6) is 0 Å². The molecule has 10 heteroatoms. The first-order valence-corrected chi connectivity index (χ1v) is 10.2. The van der Waals surface area contributed by atoms with E-state index >= 15 is 0 Å². The zero-order valence-electron chi connectivity index (χ0n) is 16.3. The van der Waals surface area contributed by atoms with Crippen LogP contribution in [-0.4, -0.2) is 24.4 Å². The second-order valence-corrected chi connectivity index (χ2v) is 8.77. The van der Waals surface area contributed by atoms with Crippen molar-refractivity contribution in [2.45, 2.75) is 51.3 Å². The fourth-order valence-corrected chi connectivity index (χ4v) is 3.73. The highest BCUT2D eigenvalue weighted by atomic mass is 32.2. The van der Waals surface area contributed by atoms with Crippen molar-refractivity contribution in [3.05, 3.63) is 55.9 Å². The molecule has 1 aromatic carbocycles. The molecule has 2 aromatic rings. The number of aromatic amines is 2. The predicted molar refractivity (Wildman–Crippen MR) is 106 cm³/mol. The Kier molecular flexibility index (Phi) is 6.13. The highest BCUT2D eigenvalue weighted by Crippen LogP contribution is 2.33. The Hall–Kier alpha value is -2.88. The second-order valence-electron chi connectivity index (χ2n) is 7.12. The summed E-state index contributed by atoms with van der Waals surface area (Å²) in [5.41, 5.74) is 1.35. The molecule has 0 aliphatic heterocycles. The number of H-pyrrole nitrogens is 2. The molecule has 0 saturated carbocycles. The summed E-state index contributed by atoms with van der Waals surface area (Å²) in [7, 11) is -4.48. The molecule has 0 radical (unpaired) electrons. The van der Waals surface area contributed by atoms with Crippen molar-refractivity contribution in [1.29, 1.82) is 0 Å². The first-order chi connectivity index (χ1) is 12.9. The number of sulfonamides is 1. The smallest absolute Gasteiger partial charge is 0.313 e. The van der Waals surface area contributed by atoms with E-state index in [1.807, 2.05) is 51.5 Å². The lowest BCUT2D eigenvalue weighted by Crippen LogP contribution is -2.38. The van der Waals surface area contributed by atoms with Crippen LogP contribution in [0.25, 0.3) is 0 Å². The standard InChI is InChI=1S/C18H24N4O5S/c1-9(2)12-6-11(5)7-13(10(3)4)15(12)20-18(25)22-28(26,27)14-8-19-17(24)21-16(14)23/h6-10H,1-5H3,(H2,20,22,25)(H2,19,21,23,24). The number of urea groups is 1. The zero-order valence-corrected chi connectivity index (χ0v) is 17.2. The summed E-state index contributed by atoms with van der Waals surface area (Å²) in [5.74, 6) is 0.178. The fraction of sp³-hybridized carbons (Fsp3) is 0.389. The van der Waals surface area contributed by atoms with Crippen molar-refractivity contribution in [3.63, 3.8) is 0 Å². The zero-order chi connectivity index (χ0) is 21.2. The van der Waals surface area contributed by atoms with Crippen LogP contribution in [0.1, 0.15) is 56.2 Å². The SMILES string of the molecule is Cc1cc(C(C)C)c(NC(=O)NS(=O)(=O)c2c[nH]c(=O)[nH]c2=O)c(C(C)C)c1. The fourth-order valence-electron chi connectivity index (χ4n) is 2.81. The molecule has 1 heterocycles. The van der Waals surface area contributed by atoms with Crippen LogP contribution in [0.2, 0.25) is 0 Å². The summed E-state index contributed by atoms with van der Waals surface area (Å²) in [6.45, 7) is 9.84. The van der Waals surface area contributed by atoms with Crippen molar-refractivity contribution in [2.75, 3.05) is 5.32 Å². The average Bonchev–Trinajstić information content (AvgIpc) is 2.54. The first-order valence-electron chi connectivity index (χ1n) is 8.72. The predicted octanol–water partition coefficient (Wildman–Crippen LogP) is 2.13. The molecular formula is C18H24N4O5S. The van der Waals surface area contributed by atoms with Gasteiger partial charge in [0.1, 0.15) is 0 Å². The van der Waals surface area contributed by atoms with Crippen molar-refractivity contribution < 1.29 is 13.2 Å². The number of amides is 2. The summed E-state index contributed by atoms with van der Waals surface area (Å²) in [4.78, 5) is 38.3. The van der Waals surface area contributed by atoms with Gasteiger partial charge in [0.2, 0.25) is 0 Å². The average molecular weight is 408 g/mol. The highest BCUT2D eigenvalue weighted by Gasteiger charge is 2.23. The summed E-state index contributed by atoms with van der Waals surface area (Å²) in [6.07, 6.45) is 0.738. The minimum Gasteiger partial charge on any atom is -0.313 e. The number of benzene rings is 1. The number of hydrogen-bond acceptors (Lipinski definition) is 5. The van der Waals surface area contributed by atoms with E-state index in [1.54, 1.807) is 4.98 Å². The van der Waals surface area contributed by atoms with Crippen molar-refractivity contribution in [3.8, 4) is 0 Å². The topological polar surface area (TPSA) is 141 Å². The van der Waals surface area contributed by atoms with Crippen molar-refractivity contribution >= 4 is 21.7 Å². The van der Waals surface area contributed by atoms with Crippen LogP contribution in [0.4, 0.5) is 10.5 Å². The van der Waals surface area contributed by atoms with Gasteiger partial charge in [-0.1, -0.05) is 45.4 Å². The Labute approximate surface area is 162 Å². The molecule has 0 atom stereocenters. The van der Waals surface area contributed by atoms with Crippen molar-refractivity contribution in [2.24, 2.45) is 0 Å². The second kappa shape index (κ2) is 8.01. The molecule has 2 amide bonds. The molecule has 2 rings (SSSR count). The maximum Gasteiger partial charge on any atom is 0.333 e. The van der Waals surface area contributed by atoms with E-state index in [0.717, 1.165) is 22.9 Å². The largest absolute Gasteiger partial charge is 0.333 e. The Balaban J connectivity index is 2.40. The number of carbonyl (C=O) groups is 1. The number of anilines is 1. The maximum absolute atomic E-state index is 12.4. The summed E-state index contributed by atoms with van der Waals surface area (Å²) in [5, 5.41) is 2.61. The van der Waals surface area contributed by atoms with Gasteiger partial charge in [-0.3, -0.25) is 9.78 Å².